The maximum Gasteiger partial charge on any atom is 0.211 e. The first-order chi connectivity index (χ1) is 6.47. The quantitative estimate of drug-likeness (QED) is 0.456. The van der Waals surface area contributed by atoms with Gasteiger partial charge in [-0.25, -0.2) is 13.0 Å². The Morgan fingerprint density at radius 2 is 1.86 bits per heavy atom. The highest BCUT2D eigenvalue weighted by atomic mass is 32.2. The summed E-state index contributed by atoms with van der Waals surface area (Å²) in [5.41, 5.74) is 0.993. The first-order valence-corrected chi connectivity index (χ1v) is 5.85. The van der Waals surface area contributed by atoms with Crippen molar-refractivity contribution in [2.24, 2.45) is 0 Å². The maximum atomic E-state index is 11.4. The molecular weight excluding hydrogens is 199 g/mol. The van der Waals surface area contributed by atoms with Gasteiger partial charge in [-0.2, -0.15) is 0 Å². The SMILES string of the molecule is BNS(=O)(=O)C1C=CC(=[N+](C)C)C=C1. The minimum absolute atomic E-state index is 0.559. The fraction of sp³-hybridized carbons (Fsp3) is 0.375. The van der Waals surface area contributed by atoms with E-state index in [2.05, 4.69) is 4.63 Å². The van der Waals surface area contributed by atoms with Crippen molar-refractivity contribution in [3.05, 3.63) is 24.3 Å². The third-order valence-electron chi connectivity index (χ3n) is 2.07. The summed E-state index contributed by atoms with van der Waals surface area (Å²) < 4.78 is 27.0. The molecule has 0 aromatic heterocycles. The molecule has 0 amide bonds. The van der Waals surface area contributed by atoms with E-state index in [4.69, 9.17) is 0 Å². The van der Waals surface area contributed by atoms with Crippen LogP contribution >= 0.6 is 0 Å². The Labute approximate surface area is 85.5 Å². The Bertz CT molecular complexity index is 389. The van der Waals surface area contributed by atoms with E-state index in [0.717, 1.165) is 5.71 Å². The van der Waals surface area contributed by atoms with E-state index in [9.17, 15) is 8.42 Å². The Morgan fingerprint density at radius 1 is 1.36 bits per heavy atom. The molecule has 0 radical (unpaired) electrons. The Kier molecular flexibility index (Phi) is 3.28. The molecule has 0 fully saturated rings. The van der Waals surface area contributed by atoms with E-state index >= 15 is 0 Å². The van der Waals surface area contributed by atoms with Crippen LogP contribution in [0.3, 0.4) is 0 Å². The summed E-state index contributed by atoms with van der Waals surface area (Å²) in [5, 5.41) is -0.559. The van der Waals surface area contributed by atoms with Gasteiger partial charge in [0, 0.05) is 12.2 Å². The molecule has 0 aromatic carbocycles. The molecule has 1 aliphatic carbocycles. The van der Waals surface area contributed by atoms with Crippen LogP contribution < -0.4 is 4.63 Å². The smallest absolute Gasteiger partial charge is 0.211 e. The Morgan fingerprint density at radius 3 is 2.21 bits per heavy atom. The molecule has 1 aliphatic rings. The molecule has 0 saturated heterocycles. The lowest BCUT2D eigenvalue weighted by Gasteiger charge is -2.10. The topological polar surface area (TPSA) is 49.2 Å². The molecule has 6 heteroatoms. The van der Waals surface area contributed by atoms with Crippen LogP contribution in [-0.4, -0.2) is 46.0 Å². The van der Waals surface area contributed by atoms with Crippen molar-refractivity contribution in [3.63, 3.8) is 0 Å². The molecular formula is C8H14BN2O2S+. The lowest BCUT2D eigenvalue weighted by molar-refractivity contribution is -0.462. The standard InChI is InChI=1S/C8H14BN2O2S/c1-11(2)7-3-5-8(6-4-7)14(12,13)10-9/h3-6,8,10H,9H2,1-2H3/q+1. The lowest BCUT2D eigenvalue weighted by atomic mass is 10.2. The fourth-order valence-electron chi connectivity index (χ4n) is 1.15. The highest BCUT2D eigenvalue weighted by molar-refractivity contribution is 7.91. The van der Waals surface area contributed by atoms with Gasteiger partial charge in [0.15, 0.2) is 5.71 Å². The second-order valence-electron chi connectivity index (χ2n) is 3.25. The molecule has 0 aliphatic heterocycles. The zero-order valence-corrected chi connectivity index (χ0v) is 9.38. The van der Waals surface area contributed by atoms with Gasteiger partial charge < -0.3 is 0 Å². The maximum absolute atomic E-state index is 11.4. The second-order valence-corrected chi connectivity index (χ2v) is 5.29. The van der Waals surface area contributed by atoms with Gasteiger partial charge in [-0.15, -0.1) is 0 Å². The molecule has 14 heavy (non-hydrogen) atoms. The minimum atomic E-state index is -3.23. The number of rotatable bonds is 2. The van der Waals surface area contributed by atoms with E-state index < -0.39 is 15.3 Å². The molecule has 1 N–H and O–H groups in total. The number of allylic oxidation sites excluding steroid dienone is 2. The first-order valence-electron chi connectivity index (χ1n) is 4.30. The van der Waals surface area contributed by atoms with Gasteiger partial charge in [0.2, 0.25) is 18.0 Å². The Balaban J connectivity index is 2.93. The fourth-order valence-corrected chi connectivity index (χ4v) is 1.99. The van der Waals surface area contributed by atoms with Gasteiger partial charge in [0.05, 0.1) is 0 Å². The monoisotopic (exact) mass is 213 g/mol. The molecule has 0 spiro atoms. The number of nitrogens with one attached hydrogen (secondary N) is 1. The van der Waals surface area contributed by atoms with Gasteiger partial charge in [-0.05, 0) is 0 Å². The lowest BCUT2D eigenvalue weighted by Crippen LogP contribution is -2.31. The van der Waals surface area contributed by atoms with Crippen LogP contribution in [0.4, 0.5) is 0 Å². The summed E-state index contributed by atoms with van der Waals surface area (Å²) in [4.78, 5) is 0. The van der Waals surface area contributed by atoms with Crippen LogP contribution in [0, 0.1) is 0 Å². The number of sulfonamides is 1. The van der Waals surface area contributed by atoms with Gasteiger partial charge in [0.25, 0.3) is 0 Å². The van der Waals surface area contributed by atoms with Gasteiger partial charge in [-0.3, -0.25) is 4.63 Å². The molecule has 0 aromatic rings. The molecule has 0 bridgehead atoms. The van der Waals surface area contributed by atoms with E-state index in [0.29, 0.717) is 0 Å². The molecule has 0 unspecified atom stereocenters. The van der Waals surface area contributed by atoms with Crippen LogP contribution in [0.5, 0.6) is 0 Å². The summed E-state index contributed by atoms with van der Waals surface area (Å²) in [5.74, 6) is 0. The van der Waals surface area contributed by atoms with Gasteiger partial charge in [-0.1, -0.05) is 12.2 Å². The van der Waals surface area contributed by atoms with Gasteiger partial charge in [0.1, 0.15) is 19.3 Å². The molecule has 0 heterocycles. The molecule has 0 saturated carbocycles. The minimum Gasteiger partial charge on any atom is -0.262 e. The average Bonchev–Trinajstić information content (AvgIpc) is 2.18. The van der Waals surface area contributed by atoms with Crippen molar-refractivity contribution in [2.45, 2.75) is 5.25 Å². The van der Waals surface area contributed by atoms with Crippen LogP contribution in [0.25, 0.3) is 0 Å². The van der Waals surface area contributed by atoms with Crippen LogP contribution in [-0.2, 0) is 10.0 Å². The summed E-state index contributed by atoms with van der Waals surface area (Å²) in [6.07, 6.45) is 6.95. The Hall–Kier alpha value is -0.875. The number of hydrogen-bond acceptors (Lipinski definition) is 2. The highest BCUT2D eigenvalue weighted by Gasteiger charge is 2.21. The van der Waals surface area contributed by atoms with E-state index in [1.54, 1.807) is 24.3 Å². The van der Waals surface area contributed by atoms with Crippen molar-refractivity contribution in [3.8, 4) is 0 Å². The molecule has 4 nitrogen and oxygen atoms in total. The van der Waals surface area contributed by atoms with Crippen LogP contribution in [0.1, 0.15) is 0 Å². The van der Waals surface area contributed by atoms with Crippen molar-refractivity contribution >= 4 is 23.7 Å². The highest BCUT2D eigenvalue weighted by Crippen LogP contribution is 2.07. The largest absolute Gasteiger partial charge is 0.262 e. The summed E-state index contributed by atoms with van der Waals surface area (Å²) in [7, 11) is 2.02. The first kappa shape index (κ1) is 11.2. The van der Waals surface area contributed by atoms with Crippen molar-refractivity contribution < 1.29 is 13.0 Å². The predicted octanol–water partition coefficient (Wildman–Crippen LogP) is -1.34. The summed E-state index contributed by atoms with van der Waals surface area (Å²) >= 11 is 0. The average molecular weight is 213 g/mol. The van der Waals surface area contributed by atoms with Crippen LogP contribution in [0.2, 0.25) is 0 Å². The number of nitrogens with zero attached hydrogens (tertiary/aromatic N) is 1. The molecule has 0 atom stereocenters. The third-order valence-corrected chi connectivity index (χ3v) is 3.67. The van der Waals surface area contributed by atoms with Crippen LogP contribution in [0.15, 0.2) is 24.3 Å². The number of hydrogen-bond donors (Lipinski definition) is 1. The second kappa shape index (κ2) is 4.10. The van der Waals surface area contributed by atoms with Crippen molar-refractivity contribution in [1.82, 2.24) is 4.63 Å². The normalized spacial score (nSPS) is 21.3. The summed E-state index contributed by atoms with van der Waals surface area (Å²) in [6.45, 7) is 0. The molecule has 76 valence electrons. The van der Waals surface area contributed by atoms with E-state index in [1.165, 1.54) is 7.98 Å². The molecule has 1 rings (SSSR count). The summed E-state index contributed by atoms with van der Waals surface area (Å²) in [6, 6.07) is 0. The third kappa shape index (κ3) is 2.33. The van der Waals surface area contributed by atoms with Crippen molar-refractivity contribution in [1.29, 1.82) is 0 Å². The zero-order valence-electron chi connectivity index (χ0n) is 8.56. The predicted molar refractivity (Wildman–Crippen MR) is 59.8 cm³/mol. The zero-order chi connectivity index (χ0) is 10.8. The van der Waals surface area contributed by atoms with E-state index in [-0.39, 0.29) is 0 Å². The van der Waals surface area contributed by atoms with Crippen molar-refractivity contribution in [2.75, 3.05) is 14.1 Å². The van der Waals surface area contributed by atoms with Gasteiger partial charge >= 0.3 is 0 Å². The van der Waals surface area contributed by atoms with E-state index in [1.807, 2.05) is 18.7 Å².